The van der Waals surface area contributed by atoms with E-state index in [1.807, 2.05) is 12.1 Å². The molecule has 0 spiro atoms. The van der Waals surface area contributed by atoms with Gasteiger partial charge in [-0.1, -0.05) is 23.8 Å². The van der Waals surface area contributed by atoms with E-state index in [1.165, 1.54) is 35.0 Å². The molecule has 3 aromatic rings. The van der Waals surface area contributed by atoms with Gasteiger partial charge in [-0.25, -0.2) is 0 Å². The van der Waals surface area contributed by atoms with Crippen molar-refractivity contribution in [2.45, 2.75) is 50.0 Å². The summed E-state index contributed by atoms with van der Waals surface area (Å²) in [6.07, 6.45) is 5.01. The molecule has 4 heteroatoms. The van der Waals surface area contributed by atoms with Crippen molar-refractivity contribution < 1.29 is 10.2 Å². The highest BCUT2D eigenvalue weighted by molar-refractivity contribution is 5.86. The Morgan fingerprint density at radius 3 is 2.80 bits per heavy atom. The minimum atomic E-state index is -0.847. The number of aryl methyl sites for hydroxylation is 1. The minimum absolute atomic E-state index is 0.280. The fourth-order valence-corrected chi connectivity index (χ4v) is 6.16. The molecule has 2 atom stereocenters. The topological polar surface area (TPSA) is 59.5 Å². The van der Waals surface area contributed by atoms with Gasteiger partial charge in [-0.2, -0.15) is 0 Å². The highest BCUT2D eigenvalue weighted by Crippen LogP contribution is 2.52. The Bertz CT molecular complexity index is 1130. The maximum absolute atomic E-state index is 12.3. The molecule has 1 saturated carbocycles. The van der Waals surface area contributed by atoms with Crippen LogP contribution in [0.1, 0.15) is 41.6 Å². The van der Waals surface area contributed by atoms with Gasteiger partial charge in [-0.15, -0.1) is 0 Å². The number of nitrogens with zero attached hydrogens (tertiary/aromatic N) is 1. The second-order valence-electron chi connectivity index (χ2n) is 10.1. The second-order valence-corrected chi connectivity index (χ2v) is 10.1. The van der Waals surface area contributed by atoms with Crippen LogP contribution >= 0.6 is 0 Å². The van der Waals surface area contributed by atoms with Crippen LogP contribution in [0.2, 0.25) is 0 Å². The normalized spacial score (nSPS) is 29.0. The second kappa shape index (κ2) is 6.35. The number of β-amino-alcohol motifs (C(OH)–C–C–N with tert-alkyl or cyclic N) is 1. The number of phenols is 1. The number of fused-ring (bicyclic) bond motifs is 4. The summed E-state index contributed by atoms with van der Waals surface area (Å²) in [5, 5.41) is 23.8. The smallest absolute Gasteiger partial charge is 0.115 e. The van der Waals surface area contributed by atoms with Crippen LogP contribution in [0, 0.1) is 12.8 Å². The molecule has 2 heterocycles. The molecule has 2 aliphatic carbocycles. The molecular formula is C26H30N2O2. The van der Waals surface area contributed by atoms with Crippen LogP contribution in [0.15, 0.2) is 42.5 Å². The average molecular weight is 403 g/mol. The summed E-state index contributed by atoms with van der Waals surface area (Å²) in [5.41, 5.74) is 4.78. The monoisotopic (exact) mass is 402 g/mol. The number of phenolic OH excluding ortho intramolecular Hbond substituents is 1. The molecule has 4 nitrogen and oxygen atoms in total. The summed E-state index contributed by atoms with van der Waals surface area (Å²) in [6, 6.07) is 14.2. The number of hydrogen-bond donors (Lipinski definition) is 3. The first-order valence-electron chi connectivity index (χ1n) is 11.3. The summed E-state index contributed by atoms with van der Waals surface area (Å²) >= 11 is 0. The lowest BCUT2D eigenvalue weighted by Crippen LogP contribution is -2.66. The number of aromatic hydroxyl groups is 1. The Labute approximate surface area is 177 Å². The van der Waals surface area contributed by atoms with Gasteiger partial charge in [0.1, 0.15) is 5.75 Å². The van der Waals surface area contributed by atoms with Crippen LogP contribution in [0.25, 0.3) is 10.9 Å². The van der Waals surface area contributed by atoms with E-state index in [1.54, 1.807) is 6.07 Å². The number of aliphatic hydroxyl groups is 1. The quantitative estimate of drug-likeness (QED) is 0.619. The largest absolute Gasteiger partial charge is 0.508 e. The van der Waals surface area contributed by atoms with Crippen LogP contribution < -0.4 is 0 Å². The summed E-state index contributed by atoms with van der Waals surface area (Å²) in [6.45, 7) is 4.95. The maximum Gasteiger partial charge on any atom is 0.115 e. The molecule has 2 fully saturated rings. The van der Waals surface area contributed by atoms with Crippen LogP contribution in [0.5, 0.6) is 5.75 Å². The molecule has 2 unspecified atom stereocenters. The summed E-state index contributed by atoms with van der Waals surface area (Å²) in [5.74, 6) is 1.10. The van der Waals surface area contributed by atoms with E-state index in [4.69, 9.17) is 0 Å². The fraction of sp³-hybridized carbons (Fsp3) is 0.462. The number of aromatic nitrogens is 1. The zero-order chi connectivity index (χ0) is 20.5. The van der Waals surface area contributed by atoms with Gasteiger partial charge in [-0.3, -0.25) is 0 Å². The van der Waals surface area contributed by atoms with Crippen molar-refractivity contribution in [3.05, 3.63) is 64.8 Å². The average Bonchev–Trinajstić information content (AvgIpc) is 3.47. The zero-order valence-electron chi connectivity index (χ0n) is 17.6. The van der Waals surface area contributed by atoms with Crippen LogP contribution in [0.4, 0.5) is 0 Å². The van der Waals surface area contributed by atoms with Gasteiger partial charge in [0.2, 0.25) is 0 Å². The number of hydrogen-bond acceptors (Lipinski definition) is 3. The van der Waals surface area contributed by atoms with Crippen LogP contribution in [-0.2, 0) is 18.3 Å². The van der Waals surface area contributed by atoms with E-state index < -0.39 is 5.60 Å². The lowest BCUT2D eigenvalue weighted by Gasteiger charge is -2.56. The van der Waals surface area contributed by atoms with E-state index in [0.29, 0.717) is 13.0 Å². The van der Waals surface area contributed by atoms with Gasteiger partial charge >= 0.3 is 0 Å². The van der Waals surface area contributed by atoms with Gasteiger partial charge in [0.15, 0.2) is 0 Å². The first kappa shape index (κ1) is 18.5. The van der Waals surface area contributed by atoms with Gasteiger partial charge in [-0.05, 0) is 74.0 Å². The lowest BCUT2D eigenvalue weighted by molar-refractivity contribution is -0.103. The molecule has 3 N–H and O–H groups in total. The number of aromatic amines is 1. The number of nitrogens with one attached hydrogen (secondary N) is 1. The summed E-state index contributed by atoms with van der Waals surface area (Å²) in [7, 11) is 0. The predicted octanol–water partition coefficient (Wildman–Crippen LogP) is 4.07. The van der Waals surface area contributed by atoms with Gasteiger partial charge in [0.05, 0.1) is 5.60 Å². The van der Waals surface area contributed by atoms with E-state index in [2.05, 4.69) is 41.1 Å². The predicted molar refractivity (Wildman–Crippen MR) is 119 cm³/mol. The Hall–Kier alpha value is -2.30. The van der Waals surface area contributed by atoms with E-state index in [0.717, 1.165) is 42.9 Å². The standard InChI is InChI=1S/C26H30N2O2/c1-17-5-8-23-21(11-17)22-13-26(30)16-28(15-18-6-7-18)10-9-25(26,14-24(22)27-23)19-3-2-4-20(29)12-19/h2-5,8,11-12,18,27,29-30H,6-7,9-10,13-16H2,1H3. The molecule has 6 rings (SSSR count). The first-order chi connectivity index (χ1) is 14.5. The molecular weight excluding hydrogens is 372 g/mol. The molecule has 3 aliphatic rings. The van der Waals surface area contributed by atoms with Crippen molar-refractivity contribution in [1.82, 2.24) is 9.88 Å². The number of rotatable bonds is 3. The fourth-order valence-electron chi connectivity index (χ4n) is 6.16. The molecule has 2 aromatic carbocycles. The number of piperidine rings is 1. The van der Waals surface area contributed by atoms with Crippen molar-refractivity contribution in [3.63, 3.8) is 0 Å². The van der Waals surface area contributed by atoms with Crippen LogP contribution in [-0.4, -0.2) is 45.3 Å². The first-order valence-corrected chi connectivity index (χ1v) is 11.3. The van der Waals surface area contributed by atoms with Crippen molar-refractivity contribution >= 4 is 10.9 Å². The van der Waals surface area contributed by atoms with Gasteiger partial charge < -0.3 is 20.1 Å². The minimum Gasteiger partial charge on any atom is -0.508 e. The Balaban J connectivity index is 1.50. The van der Waals surface area contributed by atoms with Gasteiger partial charge in [0.25, 0.3) is 0 Å². The molecule has 1 aromatic heterocycles. The Morgan fingerprint density at radius 2 is 2.00 bits per heavy atom. The molecule has 30 heavy (non-hydrogen) atoms. The molecule has 0 amide bonds. The van der Waals surface area contributed by atoms with Crippen molar-refractivity contribution in [2.75, 3.05) is 19.6 Å². The third-order valence-corrected chi connectivity index (χ3v) is 7.94. The van der Waals surface area contributed by atoms with Gasteiger partial charge in [0, 0.05) is 47.9 Å². The van der Waals surface area contributed by atoms with E-state index in [-0.39, 0.29) is 11.2 Å². The van der Waals surface area contributed by atoms with Crippen molar-refractivity contribution in [2.24, 2.45) is 5.92 Å². The highest BCUT2D eigenvalue weighted by Gasteiger charge is 2.57. The van der Waals surface area contributed by atoms with Crippen molar-refractivity contribution in [3.8, 4) is 5.75 Å². The van der Waals surface area contributed by atoms with E-state index >= 15 is 0 Å². The third-order valence-electron chi connectivity index (χ3n) is 7.94. The number of likely N-dealkylation sites (tertiary alicyclic amines) is 1. The van der Waals surface area contributed by atoms with E-state index in [9.17, 15) is 10.2 Å². The molecule has 0 radical (unpaired) electrons. The number of benzene rings is 2. The zero-order valence-corrected chi connectivity index (χ0v) is 17.6. The molecule has 1 aliphatic heterocycles. The summed E-state index contributed by atoms with van der Waals surface area (Å²) in [4.78, 5) is 6.16. The molecule has 1 saturated heterocycles. The van der Waals surface area contributed by atoms with Crippen molar-refractivity contribution in [1.29, 1.82) is 0 Å². The van der Waals surface area contributed by atoms with Crippen LogP contribution in [0.3, 0.4) is 0 Å². The SMILES string of the molecule is Cc1ccc2[nH]c3c(c2c1)CC1(O)CN(CC2CC2)CCC1(c1cccc(O)c1)C3. The summed E-state index contributed by atoms with van der Waals surface area (Å²) < 4.78 is 0. The molecule has 156 valence electrons. The highest BCUT2D eigenvalue weighted by atomic mass is 16.3. The third kappa shape index (κ3) is 2.74. The lowest BCUT2D eigenvalue weighted by atomic mass is 9.56. The maximum atomic E-state index is 12.3. The Kier molecular flexibility index (Phi) is 3.91. The Morgan fingerprint density at radius 1 is 1.13 bits per heavy atom. The number of H-pyrrole nitrogens is 1. The molecule has 0 bridgehead atoms.